The Kier molecular flexibility index (Phi) is 6.26. The SMILES string of the molecule is C[C@]12CC[C@H](OC(=O)N3CCC(O)CC3)C[C@H]1CC[C@@H]1[C@@H]2CC[C@]2(C)[C@@H](c3ccc(=O)oc3)CC[C@]12O. The van der Waals surface area contributed by atoms with Gasteiger partial charge in [-0.25, -0.2) is 9.59 Å². The van der Waals surface area contributed by atoms with E-state index in [-0.39, 0.29) is 46.6 Å². The van der Waals surface area contributed by atoms with Crippen molar-refractivity contribution in [2.45, 2.75) is 108 Å². The molecule has 1 aromatic heterocycles. The van der Waals surface area contributed by atoms with Crippen molar-refractivity contribution in [3.63, 3.8) is 0 Å². The molecule has 0 bridgehead atoms. The van der Waals surface area contributed by atoms with Crippen LogP contribution in [-0.4, -0.2) is 52.1 Å². The third-order valence-corrected chi connectivity index (χ3v) is 11.9. The summed E-state index contributed by atoms with van der Waals surface area (Å²) >= 11 is 0. The number of aliphatic hydroxyl groups is 2. The standard InChI is InChI=1S/C30H43NO6/c1-28-12-7-22(37-27(34)31-15-10-21(32)11-16-31)17-20(28)4-5-25-24(28)8-13-29(2)23(9-14-30(25,29)35)19-3-6-26(33)36-18-19/h3,6,18,20-25,32,35H,4-5,7-17H2,1-2H3/t20-,22+,23-,24+,25-,28+,29-,30+/m1/s1. The molecule has 0 radical (unpaired) electrons. The van der Waals surface area contributed by atoms with Crippen molar-refractivity contribution in [3.05, 3.63) is 34.4 Å². The van der Waals surface area contributed by atoms with E-state index < -0.39 is 5.60 Å². The van der Waals surface area contributed by atoms with E-state index in [0.717, 1.165) is 63.4 Å². The number of rotatable bonds is 2. The van der Waals surface area contributed by atoms with Gasteiger partial charge in [-0.05, 0) is 111 Å². The fraction of sp³-hybridized carbons (Fsp3) is 0.800. The largest absolute Gasteiger partial charge is 0.446 e. The molecule has 1 aromatic rings. The van der Waals surface area contributed by atoms with Crippen LogP contribution in [0.1, 0.15) is 96.0 Å². The normalized spacial score (nSPS) is 44.0. The molecule has 204 valence electrons. The lowest BCUT2D eigenvalue weighted by atomic mass is 9.43. The lowest BCUT2D eigenvalue weighted by Gasteiger charge is -2.63. The first-order chi connectivity index (χ1) is 17.6. The number of nitrogens with zero attached hydrogens (tertiary/aromatic N) is 1. The second-order valence-corrected chi connectivity index (χ2v) is 13.4. The van der Waals surface area contributed by atoms with E-state index in [4.69, 9.17) is 9.15 Å². The van der Waals surface area contributed by atoms with E-state index in [1.54, 1.807) is 11.2 Å². The Hall–Kier alpha value is -1.86. The van der Waals surface area contributed by atoms with Gasteiger partial charge in [-0.3, -0.25) is 0 Å². The summed E-state index contributed by atoms with van der Waals surface area (Å²) in [5.41, 5.74) is -0.0377. The third-order valence-electron chi connectivity index (χ3n) is 11.9. The van der Waals surface area contributed by atoms with Crippen molar-refractivity contribution in [1.29, 1.82) is 0 Å². The predicted molar refractivity (Wildman–Crippen MR) is 138 cm³/mol. The maximum atomic E-state index is 12.8. The second kappa shape index (κ2) is 9.11. The number of aliphatic hydroxyl groups excluding tert-OH is 1. The summed E-state index contributed by atoms with van der Waals surface area (Å²) in [5.74, 6) is 1.49. The molecule has 5 fully saturated rings. The van der Waals surface area contributed by atoms with Gasteiger partial charge in [0.15, 0.2) is 0 Å². The van der Waals surface area contributed by atoms with Crippen LogP contribution in [0.4, 0.5) is 4.79 Å². The van der Waals surface area contributed by atoms with Gasteiger partial charge in [0.05, 0.1) is 18.0 Å². The minimum Gasteiger partial charge on any atom is -0.446 e. The minimum atomic E-state index is -0.702. The maximum absolute atomic E-state index is 12.8. The Morgan fingerprint density at radius 1 is 1.00 bits per heavy atom. The van der Waals surface area contributed by atoms with Crippen LogP contribution in [-0.2, 0) is 4.74 Å². The Bertz CT molecular complexity index is 1060. The number of fused-ring (bicyclic) bond motifs is 5. The van der Waals surface area contributed by atoms with Crippen LogP contribution in [0.15, 0.2) is 27.6 Å². The summed E-state index contributed by atoms with van der Waals surface area (Å²) in [6.45, 7) is 5.87. The number of hydrogen-bond acceptors (Lipinski definition) is 6. The number of amides is 1. The molecule has 0 aromatic carbocycles. The zero-order valence-electron chi connectivity index (χ0n) is 22.4. The van der Waals surface area contributed by atoms with Crippen LogP contribution in [0.3, 0.4) is 0 Å². The van der Waals surface area contributed by atoms with Gasteiger partial charge >= 0.3 is 11.7 Å². The van der Waals surface area contributed by atoms with Gasteiger partial charge in [0.25, 0.3) is 0 Å². The highest BCUT2D eigenvalue weighted by Crippen LogP contribution is 2.70. The molecule has 5 aliphatic rings. The van der Waals surface area contributed by atoms with Crippen molar-refractivity contribution in [2.24, 2.45) is 28.6 Å². The van der Waals surface area contributed by atoms with Crippen molar-refractivity contribution < 1.29 is 24.2 Å². The topological polar surface area (TPSA) is 100 Å². The minimum absolute atomic E-state index is 0.0329. The number of piperidine rings is 1. The highest BCUT2D eigenvalue weighted by Gasteiger charge is 2.67. The number of ether oxygens (including phenoxy) is 1. The molecule has 6 rings (SSSR count). The molecule has 1 saturated heterocycles. The number of likely N-dealkylation sites (tertiary alicyclic amines) is 1. The van der Waals surface area contributed by atoms with Gasteiger partial charge in [0.2, 0.25) is 0 Å². The summed E-state index contributed by atoms with van der Waals surface area (Å²) in [5, 5.41) is 22.1. The fourth-order valence-corrected chi connectivity index (χ4v) is 9.66. The summed E-state index contributed by atoms with van der Waals surface area (Å²) < 4.78 is 11.2. The van der Waals surface area contributed by atoms with Gasteiger partial charge in [-0.15, -0.1) is 0 Å². The van der Waals surface area contributed by atoms with Crippen LogP contribution < -0.4 is 5.63 Å². The van der Waals surface area contributed by atoms with Crippen molar-refractivity contribution in [1.82, 2.24) is 4.90 Å². The highest BCUT2D eigenvalue weighted by atomic mass is 16.6. The van der Waals surface area contributed by atoms with Gasteiger partial charge < -0.3 is 24.3 Å². The smallest absolute Gasteiger partial charge is 0.410 e. The molecule has 4 aliphatic carbocycles. The van der Waals surface area contributed by atoms with Crippen LogP contribution in [0.2, 0.25) is 0 Å². The van der Waals surface area contributed by atoms with Gasteiger partial charge in [0, 0.05) is 24.6 Å². The van der Waals surface area contributed by atoms with E-state index in [1.807, 2.05) is 6.07 Å². The summed E-state index contributed by atoms with van der Waals surface area (Å²) in [6, 6.07) is 3.40. The van der Waals surface area contributed by atoms with Gasteiger partial charge in [0.1, 0.15) is 6.10 Å². The molecule has 8 atom stereocenters. The lowest BCUT2D eigenvalue weighted by Crippen LogP contribution is -2.62. The van der Waals surface area contributed by atoms with Crippen LogP contribution in [0.25, 0.3) is 0 Å². The number of hydrogen-bond donors (Lipinski definition) is 2. The molecule has 2 heterocycles. The molecule has 7 heteroatoms. The molecular formula is C30H43NO6. The second-order valence-electron chi connectivity index (χ2n) is 13.4. The molecule has 37 heavy (non-hydrogen) atoms. The van der Waals surface area contributed by atoms with E-state index in [9.17, 15) is 19.8 Å². The van der Waals surface area contributed by atoms with E-state index in [2.05, 4.69) is 13.8 Å². The highest BCUT2D eigenvalue weighted by molar-refractivity contribution is 5.68. The first-order valence-corrected chi connectivity index (χ1v) is 14.6. The first-order valence-electron chi connectivity index (χ1n) is 14.6. The molecule has 7 nitrogen and oxygen atoms in total. The Morgan fingerprint density at radius 2 is 1.78 bits per heavy atom. The van der Waals surface area contributed by atoms with Gasteiger partial charge in [-0.1, -0.05) is 13.8 Å². The zero-order chi connectivity index (χ0) is 26.0. The predicted octanol–water partition coefficient (Wildman–Crippen LogP) is 4.84. The number of carbonyl (C=O) groups excluding carboxylic acids is 1. The molecule has 1 aliphatic heterocycles. The van der Waals surface area contributed by atoms with E-state index in [0.29, 0.717) is 37.8 Å². The van der Waals surface area contributed by atoms with Gasteiger partial charge in [-0.2, -0.15) is 0 Å². The molecule has 1 amide bonds. The monoisotopic (exact) mass is 513 g/mol. The summed E-state index contributed by atoms with van der Waals surface area (Å²) in [7, 11) is 0. The average Bonchev–Trinajstić information content (AvgIpc) is 3.16. The van der Waals surface area contributed by atoms with E-state index >= 15 is 0 Å². The lowest BCUT2D eigenvalue weighted by molar-refractivity contribution is -0.205. The summed E-state index contributed by atoms with van der Waals surface area (Å²) in [4.78, 5) is 26.1. The molecule has 2 N–H and O–H groups in total. The summed E-state index contributed by atoms with van der Waals surface area (Å²) in [6.07, 6.45) is 11.1. The quantitative estimate of drug-likeness (QED) is 0.587. The average molecular weight is 514 g/mol. The van der Waals surface area contributed by atoms with Crippen molar-refractivity contribution >= 4 is 6.09 Å². The van der Waals surface area contributed by atoms with Crippen LogP contribution in [0.5, 0.6) is 0 Å². The number of carbonyl (C=O) groups is 1. The Morgan fingerprint density at radius 3 is 2.51 bits per heavy atom. The van der Waals surface area contributed by atoms with E-state index in [1.165, 1.54) is 6.07 Å². The third kappa shape index (κ3) is 3.98. The van der Waals surface area contributed by atoms with Crippen molar-refractivity contribution in [2.75, 3.05) is 13.1 Å². The van der Waals surface area contributed by atoms with Crippen LogP contribution >= 0.6 is 0 Å². The molecule has 0 unspecified atom stereocenters. The first kappa shape index (κ1) is 25.4. The van der Waals surface area contributed by atoms with Crippen LogP contribution in [0, 0.1) is 28.6 Å². The fourth-order valence-electron chi connectivity index (χ4n) is 9.66. The Balaban J connectivity index is 1.15. The van der Waals surface area contributed by atoms with Crippen molar-refractivity contribution in [3.8, 4) is 0 Å². The molecule has 4 saturated carbocycles. The maximum Gasteiger partial charge on any atom is 0.410 e. The zero-order valence-corrected chi connectivity index (χ0v) is 22.4. The Labute approximate surface area is 219 Å². The molecular weight excluding hydrogens is 470 g/mol. The molecule has 0 spiro atoms.